The second kappa shape index (κ2) is 5.36. The maximum Gasteiger partial charge on any atom is 0.254 e. The Kier molecular flexibility index (Phi) is 3.65. The van der Waals surface area contributed by atoms with Crippen molar-refractivity contribution in [3.63, 3.8) is 0 Å². The van der Waals surface area contributed by atoms with Gasteiger partial charge in [0, 0.05) is 12.1 Å². The normalized spacial score (nSPS) is 26.4. The lowest BCUT2D eigenvalue weighted by Gasteiger charge is -2.46. The average molecular weight is 302 g/mol. The summed E-state index contributed by atoms with van der Waals surface area (Å²) in [6, 6.07) is 5.84. The largest absolute Gasteiger partial charge is 0.368 e. The maximum absolute atomic E-state index is 13.4. The van der Waals surface area contributed by atoms with E-state index in [1.165, 1.54) is 18.2 Å². The number of hydrogen-bond acceptors (Lipinski definition) is 3. The molecule has 0 spiro atoms. The van der Waals surface area contributed by atoms with Crippen LogP contribution in [0.3, 0.4) is 0 Å². The van der Waals surface area contributed by atoms with Crippen molar-refractivity contribution >= 4 is 5.91 Å². The number of ether oxygens (including phenoxy) is 1. The van der Waals surface area contributed by atoms with Crippen LogP contribution in [0.15, 0.2) is 18.2 Å². The molecule has 1 amide bonds. The third-order valence-electron chi connectivity index (χ3n) is 4.43. The van der Waals surface area contributed by atoms with Gasteiger partial charge in [-0.15, -0.1) is 0 Å². The summed E-state index contributed by atoms with van der Waals surface area (Å²) in [5, 5.41) is 8.93. The van der Waals surface area contributed by atoms with Crippen LogP contribution in [0.4, 0.5) is 4.39 Å². The Morgan fingerprint density at radius 2 is 2.23 bits per heavy atom. The predicted octanol–water partition coefficient (Wildman–Crippen LogP) is 2.87. The zero-order chi connectivity index (χ0) is 15.9. The Hall–Kier alpha value is -1.93. The molecule has 22 heavy (non-hydrogen) atoms. The van der Waals surface area contributed by atoms with E-state index in [4.69, 9.17) is 10.00 Å². The summed E-state index contributed by atoms with van der Waals surface area (Å²) in [5.41, 5.74) is -0.123. The molecule has 1 saturated heterocycles. The van der Waals surface area contributed by atoms with Crippen molar-refractivity contribution in [1.29, 1.82) is 5.26 Å². The molecule has 116 valence electrons. The molecule has 0 unspecified atom stereocenters. The molecule has 1 aliphatic carbocycles. The number of nitrogens with zero attached hydrogens (tertiary/aromatic N) is 2. The van der Waals surface area contributed by atoms with Gasteiger partial charge in [0.1, 0.15) is 11.9 Å². The van der Waals surface area contributed by atoms with Gasteiger partial charge in [-0.3, -0.25) is 4.79 Å². The minimum atomic E-state index is -0.597. The Morgan fingerprint density at radius 1 is 1.45 bits per heavy atom. The van der Waals surface area contributed by atoms with E-state index in [-0.39, 0.29) is 29.2 Å². The summed E-state index contributed by atoms with van der Waals surface area (Å²) >= 11 is 0. The minimum Gasteiger partial charge on any atom is -0.368 e. The molecule has 1 saturated carbocycles. The molecule has 1 aromatic rings. The standard InChI is InChI=1S/C17H19FN2O2/c1-17(2)10-20(14-4-3-5-15(14)22-17)16(21)11-6-7-13(18)12(8-11)9-19/h6-8,14-15H,3-5,10H2,1-2H3/t14-,15-/m1/s1. The second-order valence-electron chi connectivity index (χ2n) is 6.65. The van der Waals surface area contributed by atoms with Crippen LogP contribution in [0, 0.1) is 17.1 Å². The number of rotatable bonds is 1. The molecule has 0 radical (unpaired) electrons. The molecule has 0 bridgehead atoms. The Bertz CT molecular complexity index is 651. The van der Waals surface area contributed by atoms with Crippen LogP contribution in [-0.2, 0) is 4.74 Å². The number of morpholine rings is 1. The fraction of sp³-hybridized carbons (Fsp3) is 0.529. The number of hydrogen-bond donors (Lipinski definition) is 0. The molecule has 5 heteroatoms. The lowest BCUT2D eigenvalue weighted by atomic mass is 9.99. The van der Waals surface area contributed by atoms with Gasteiger partial charge in [-0.2, -0.15) is 5.26 Å². The number of amides is 1. The molecular weight excluding hydrogens is 283 g/mol. The first-order valence-corrected chi connectivity index (χ1v) is 7.60. The highest BCUT2D eigenvalue weighted by atomic mass is 19.1. The Labute approximate surface area is 129 Å². The van der Waals surface area contributed by atoms with Gasteiger partial charge in [-0.05, 0) is 51.3 Å². The van der Waals surface area contributed by atoms with Gasteiger partial charge in [0.2, 0.25) is 0 Å². The molecule has 3 rings (SSSR count). The first kappa shape index (κ1) is 15.0. The van der Waals surface area contributed by atoms with E-state index in [0.29, 0.717) is 12.1 Å². The number of benzene rings is 1. The maximum atomic E-state index is 13.4. The molecular formula is C17H19FN2O2. The average Bonchev–Trinajstić information content (AvgIpc) is 2.93. The molecule has 0 aromatic heterocycles. The van der Waals surface area contributed by atoms with Crippen LogP contribution in [0.2, 0.25) is 0 Å². The predicted molar refractivity (Wildman–Crippen MR) is 78.7 cm³/mol. The second-order valence-corrected chi connectivity index (χ2v) is 6.65. The van der Waals surface area contributed by atoms with Gasteiger partial charge >= 0.3 is 0 Å². The van der Waals surface area contributed by atoms with Gasteiger partial charge in [0.25, 0.3) is 5.91 Å². The summed E-state index contributed by atoms with van der Waals surface area (Å²) in [4.78, 5) is 14.7. The molecule has 0 N–H and O–H groups in total. The van der Waals surface area contributed by atoms with Gasteiger partial charge < -0.3 is 9.64 Å². The Morgan fingerprint density at radius 3 is 2.95 bits per heavy atom. The lowest BCUT2D eigenvalue weighted by molar-refractivity contribution is -0.142. The van der Waals surface area contributed by atoms with Crippen LogP contribution in [0.5, 0.6) is 0 Å². The van der Waals surface area contributed by atoms with E-state index in [1.807, 2.05) is 18.7 Å². The monoisotopic (exact) mass is 302 g/mol. The van der Waals surface area contributed by atoms with Crippen molar-refractivity contribution in [2.75, 3.05) is 6.54 Å². The fourth-order valence-corrected chi connectivity index (χ4v) is 3.51. The van der Waals surface area contributed by atoms with E-state index in [0.717, 1.165) is 19.3 Å². The van der Waals surface area contributed by atoms with Gasteiger partial charge in [-0.1, -0.05) is 0 Å². The molecule has 4 nitrogen and oxygen atoms in total. The summed E-state index contributed by atoms with van der Waals surface area (Å²) in [6.45, 7) is 4.46. The first-order valence-electron chi connectivity index (χ1n) is 7.60. The highest BCUT2D eigenvalue weighted by Gasteiger charge is 2.45. The molecule has 2 atom stereocenters. The van der Waals surface area contributed by atoms with E-state index < -0.39 is 5.82 Å². The zero-order valence-electron chi connectivity index (χ0n) is 12.8. The van der Waals surface area contributed by atoms with Gasteiger partial charge in [0.05, 0.1) is 23.3 Å². The quantitative estimate of drug-likeness (QED) is 0.801. The van der Waals surface area contributed by atoms with Crippen molar-refractivity contribution in [2.45, 2.75) is 50.9 Å². The van der Waals surface area contributed by atoms with E-state index in [1.54, 1.807) is 6.07 Å². The molecule has 2 aliphatic rings. The van der Waals surface area contributed by atoms with Crippen molar-refractivity contribution < 1.29 is 13.9 Å². The van der Waals surface area contributed by atoms with Crippen molar-refractivity contribution in [2.24, 2.45) is 0 Å². The summed E-state index contributed by atoms with van der Waals surface area (Å²) in [7, 11) is 0. The fourth-order valence-electron chi connectivity index (χ4n) is 3.51. The number of carbonyl (C=O) groups excluding carboxylic acids is 1. The summed E-state index contributed by atoms with van der Waals surface area (Å²) < 4.78 is 19.5. The highest BCUT2D eigenvalue weighted by Crippen LogP contribution is 2.36. The van der Waals surface area contributed by atoms with Crippen molar-refractivity contribution in [1.82, 2.24) is 4.90 Å². The van der Waals surface area contributed by atoms with Gasteiger partial charge in [-0.25, -0.2) is 4.39 Å². The van der Waals surface area contributed by atoms with Crippen LogP contribution < -0.4 is 0 Å². The van der Waals surface area contributed by atoms with E-state index in [9.17, 15) is 9.18 Å². The lowest BCUT2D eigenvalue weighted by Crippen LogP contribution is -2.58. The van der Waals surface area contributed by atoms with Crippen LogP contribution in [0.25, 0.3) is 0 Å². The molecule has 1 aliphatic heterocycles. The molecule has 1 heterocycles. The number of carbonyl (C=O) groups is 1. The smallest absolute Gasteiger partial charge is 0.254 e. The van der Waals surface area contributed by atoms with Crippen molar-refractivity contribution in [3.8, 4) is 6.07 Å². The molecule has 2 fully saturated rings. The van der Waals surface area contributed by atoms with Crippen LogP contribution >= 0.6 is 0 Å². The third kappa shape index (κ3) is 2.59. The third-order valence-corrected chi connectivity index (χ3v) is 4.43. The SMILES string of the molecule is CC1(C)CN(C(=O)c2ccc(F)c(C#N)c2)[C@@H]2CCC[C@H]2O1. The Balaban J connectivity index is 1.92. The number of nitriles is 1. The van der Waals surface area contributed by atoms with Crippen molar-refractivity contribution in [3.05, 3.63) is 35.1 Å². The topological polar surface area (TPSA) is 53.3 Å². The van der Waals surface area contributed by atoms with Gasteiger partial charge in [0.15, 0.2) is 0 Å². The van der Waals surface area contributed by atoms with Crippen LogP contribution in [-0.4, -0.2) is 35.1 Å². The number of fused-ring (bicyclic) bond motifs is 1. The molecule has 1 aromatic carbocycles. The summed E-state index contributed by atoms with van der Waals surface area (Å²) in [6.07, 6.45) is 3.01. The minimum absolute atomic E-state index is 0.0728. The summed E-state index contributed by atoms with van der Waals surface area (Å²) in [5.74, 6) is -0.745. The first-order chi connectivity index (χ1) is 10.4. The van der Waals surface area contributed by atoms with E-state index >= 15 is 0 Å². The highest BCUT2D eigenvalue weighted by molar-refractivity contribution is 5.95. The van der Waals surface area contributed by atoms with Crippen LogP contribution in [0.1, 0.15) is 49.0 Å². The number of halogens is 1. The van der Waals surface area contributed by atoms with E-state index in [2.05, 4.69) is 0 Å². The zero-order valence-corrected chi connectivity index (χ0v) is 12.8.